The molecule has 0 fully saturated rings. The molecule has 0 heterocycles. The normalized spacial score (nSPS) is 12.7. The van der Waals surface area contributed by atoms with Crippen LogP contribution in [0.1, 0.15) is 31.9 Å². The summed E-state index contributed by atoms with van der Waals surface area (Å²) in [5.74, 6) is 0.872. The Balaban J connectivity index is 2.59. The van der Waals surface area contributed by atoms with Crippen LogP contribution in [0.3, 0.4) is 0 Å². The molecule has 4 heteroatoms. The maximum Gasteiger partial charge on any atom is 0.124 e. The van der Waals surface area contributed by atoms with Crippen molar-refractivity contribution in [2.75, 3.05) is 40.0 Å². The molecular weight excluding hydrogens is 252 g/mol. The third kappa shape index (κ3) is 5.49. The molecule has 2 N–H and O–H groups in total. The number of benzene rings is 1. The number of methoxy groups -OCH3 is 1. The fourth-order valence-corrected chi connectivity index (χ4v) is 2.17. The molecule has 0 aliphatic carbocycles. The first kappa shape index (κ1) is 17.0. The smallest absolute Gasteiger partial charge is 0.124 e. The number of hydrogen-bond acceptors (Lipinski definition) is 4. The second-order valence-electron chi connectivity index (χ2n) is 4.80. The average molecular weight is 280 g/mol. The summed E-state index contributed by atoms with van der Waals surface area (Å²) in [6.45, 7) is 8.64. The van der Waals surface area contributed by atoms with Gasteiger partial charge in [-0.2, -0.15) is 0 Å². The van der Waals surface area contributed by atoms with E-state index in [1.165, 1.54) is 0 Å². The molecule has 1 rings (SSSR count). The monoisotopic (exact) mass is 280 g/mol. The van der Waals surface area contributed by atoms with Crippen LogP contribution in [0, 0.1) is 0 Å². The topological polar surface area (TPSA) is 47.7 Å². The van der Waals surface area contributed by atoms with Crippen molar-refractivity contribution in [3.63, 3.8) is 0 Å². The van der Waals surface area contributed by atoms with E-state index in [0.717, 1.165) is 37.4 Å². The predicted molar refractivity (Wildman–Crippen MR) is 83.1 cm³/mol. The lowest BCUT2D eigenvalue weighted by Crippen LogP contribution is -2.27. The van der Waals surface area contributed by atoms with Crippen molar-refractivity contribution < 1.29 is 9.47 Å². The average Bonchev–Trinajstić information content (AvgIpc) is 2.49. The van der Waals surface area contributed by atoms with Crippen LogP contribution in [-0.4, -0.2) is 44.9 Å². The van der Waals surface area contributed by atoms with Crippen LogP contribution in [0.2, 0.25) is 0 Å². The van der Waals surface area contributed by atoms with Gasteiger partial charge in [0.1, 0.15) is 12.4 Å². The van der Waals surface area contributed by atoms with Crippen molar-refractivity contribution in [2.45, 2.75) is 26.3 Å². The van der Waals surface area contributed by atoms with Crippen LogP contribution in [0.15, 0.2) is 24.3 Å². The molecule has 4 nitrogen and oxygen atoms in total. The minimum Gasteiger partial charge on any atom is -0.491 e. The summed E-state index contributed by atoms with van der Waals surface area (Å²) < 4.78 is 10.7. The van der Waals surface area contributed by atoms with E-state index in [2.05, 4.69) is 24.8 Å². The Kier molecular flexibility index (Phi) is 8.26. The quantitative estimate of drug-likeness (QED) is 0.669. The molecule has 1 aromatic rings. The van der Waals surface area contributed by atoms with Crippen LogP contribution in [0.4, 0.5) is 0 Å². The van der Waals surface area contributed by atoms with Crippen LogP contribution >= 0.6 is 0 Å². The van der Waals surface area contributed by atoms with Gasteiger partial charge in [-0.1, -0.05) is 32.0 Å². The van der Waals surface area contributed by atoms with Crippen LogP contribution in [0.25, 0.3) is 0 Å². The van der Waals surface area contributed by atoms with Gasteiger partial charge in [0, 0.05) is 18.7 Å². The fourth-order valence-electron chi connectivity index (χ4n) is 2.17. The third-order valence-electron chi connectivity index (χ3n) is 3.51. The second kappa shape index (κ2) is 9.75. The summed E-state index contributed by atoms with van der Waals surface area (Å²) in [5.41, 5.74) is 7.40. The highest BCUT2D eigenvalue weighted by atomic mass is 16.5. The molecule has 0 amide bonds. The molecule has 0 radical (unpaired) electrons. The minimum atomic E-state index is 0.00865. The van der Waals surface area contributed by atoms with Crippen molar-refractivity contribution in [1.82, 2.24) is 4.90 Å². The number of rotatable bonds is 10. The summed E-state index contributed by atoms with van der Waals surface area (Å²) >= 11 is 0. The van der Waals surface area contributed by atoms with Gasteiger partial charge in [-0.05, 0) is 32.1 Å². The zero-order chi connectivity index (χ0) is 14.8. The molecule has 114 valence electrons. The van der Waals surface area contributed by atoms with Crippen molar-refractivity contribution in [3.05, 3.63) is 29.8 Å². The fraction of sp³-hybridized carbons (Fsp3) is 0.625. The molecule has 1 aromatic carbocycles. The van der Waals surface area contributed by atoms with Crippen molar-refractivity contribution in [3.8, 4) is 5.75 Å². The molecule has 1 unspecified atom stereocenters. The standard InChI is InChI=1S/C16H28N2O2/c1-4-18(5-2)11-10-15(17)14-8-6-7-9-16(14)20-13-12-19-3/h6-9,15H,4-5,10-13,17H2,1-3H3. The van der Waals surface area contributed by atoms with E-state index >= 15 is 0 Å². The molecule has 0 saturated heterocycles. The summed E-state index contributed by atoms with van der Waals surface area (Å²) in [5, 5.41) is 0. The summed E-state index contributed by atoms with van der Waals surface area (Å²) in [4.78, 5) is 2.38. The molecule has 1 atom stereocenters. The van der Waals surface area contributed by atoms with E-state index in [-0.39, 0.29) is 6.04 Å². The Bertz CT molecular complexity index is 367. The summed E-state index contributed by atoms with van der Waals surface area (Å²) in [6, 6.07) is 8.02. The van der Waals surface area contributed by atoms with Crippen molar-refractivity contribution in [1.29, 1.82) is 0 Å². The van der Waals surface area contributed by atoms with E-state index < -0.39 is 0 Å². The predicted octanol–water partition coefficient (Wildman–Crippen LogP) is 2.44. The van der Waals surface area contributed by atoms with Gasteiger partial charge in [0.25, 0.3) is 0 Å². The van der Waals surface area contributed by atoms with Crippen LogP contribution < -0.4 is 10.5 Å². The zero-order valence-electron chi connectivity index (χ0n) is 13.0. The van der Waals surface area contributed by atoms with E-state index in [0.29, 0.717) is 13.2 Å². The van der Waals surface area contributed by atoms with Gasteiger partial charge in [-0.25, -0.2) is 0 Å². The van der Waals surface area contributed by atoms with Crippen molar-refractivity contribution >= 4 is 0 Å². The molecule has 0 saturated carbocycles. The lowest BCUT2D eigenvalue weighted by atomic mass is 10.0. The highest BCUT2D eigenvalue weighted by molar-refractivity contribution is 5.35. The first-order valence-corrected chi connectivity index (χ1v) is 7.41. The maximum atomic E-state index is 6.32. The Morgan fingerprint density at radius 3 is 2.50 bits per heavy atom. The molecule has 0 bridgehead atoms. The highest BCUT2D eigenvalue weighted by Gasteiger charge is 2.12. The number of hydrogen-bond donors (Lipinski definition) is 1. The van der Waals surface area contributed by atoms with Gasteiger partial charge in [-0.15, -0.1) is 0 Å². The van der Waals surface area contributed by atoms with E-state index in [9.17, 15) is 0 Å². The first-order chi connectivity index (χ1) is 9.72. The Morgan fingerprint density at radius 1 is 1.15 bits per heavy atom. The zero-order valence-corrected chi connectivity index (χ0v) is 13.0. The molecular formula is C16H28N2O2. The van der Waals surface area contributed by atoms with E-state index in [4.69, 9.17) is 15.2 Å². The summed E-state index contributed by atoms with van der Waals surface area (Å²) in [6.07, 6.45) is 0.937. The Labute approximate surface area is 122 Å². The molecule has 0 aromatic heterocycles. The lowest BCUT2D eigenvalue weighted by Gasteiger charge is -2.22. The largest absolute Gasteiger partial charge is 0.491 e. The molecule has 0 spiro atoms. The van der Waals surface area contributed by atoms with Gasteiger partial charge < -0.3 is 20.1 Å². The minimum absolute atomic E-state index is 0.00865. The number of nitrogens with zero attached hydrogens (tertiary/aromatic N) is 1. The molecule has 0 aliphatic rings. The highest BCUT2D eigenvalue weighted by Crippen LogP contribution is 2.25. The van der Waals surface area contributed by atoms with Crippen LogP contribution in [0.5, 0.6) is 5.75 Å². The van der Waals surface area contributed by atoms with Gasteiger partial charge in [0.2, 0.25) is 0 Å². The summed E-state index contributed by atoms with van der Waals surface area (Å²) in [7, 11) is 1.67. The van der Waals surface area contributed by atoms with Gasteiger partial charge in [0.05, 0.1) is 6.61 Å². The number of ether oxygens (including phenoxy) is 2. The van der Waals surface area contributed by atoms with Gasteiger partial charge in [0.15, 0.2) is 0 Å². The van der Waals surface area contributed by atoms with Crippen molar-refractivity contribution in [2.24, 2.45) is 5.73 Å². The SMILES string of the molecule is CCN(CC)CCC(N)c1ccccc1OCCOC. The maximum absolute atomic E-state index is 6.32. The first-order valence-electron chi connectivity index (χ1n) is 7.41. The third-order valence-corrected chi connectivity index (χ3v) is 3.51. The van der Waals surface area contributed by atoms with E-state index in [1.54, 1.807) is 7.11 Å². The number of para-hydroxylation sites is 1. The molecule has 0 aliphatic heterocycles. The Hall–Kier alpha value is -1.10. The molecule has 20 heavy (non-hydrogen) atoms. The second-order valence-corrected chi connectivity index (χ2v) is 4.80. The van der Waals surface area contributed by atoms with E-state index in [1.807, 2.05) is 18.2 Å². The number of nitrogens with two attached hydrogens (primary N) is 1. The van der Waals surface area contributed by atoms with Gasteiger partial charge in [-0.3, -0.25) is 0 Å². The van der Waals surface area contributed by atoms with Gasteiger partial charge >= 0.3 is 0 Å². The van der Waals surface area contributed by atoms with Crippen LogP contribution in [-0.2, 0) is 4.74 Å². The lowest BCUT2D eigenvalue weighted by molar-refractivity contribution is 0.145. The Morgan fingerprint density at radius 2 is 1.85 bits per heavy atom.